The molecule has 1 saturated heterocycles. The molecule has 0 unspecified atom stereocenters. The molecule has 0 atom stereocenters. The first-order valence-corrected chi connectivity index (χ1v) is 11.0. The predicted molar refractivity (Wildman–Crippen MR) is 123 cm³/mol. The molecular formula is C21H24BrN8O2+. The molecule has 1 aliphatic heterocycles. The second-order valence-corrected chi connectivity index (χ2v) is 8.29. The fourth-order valence-corrected chi connectivity index (χ4v) is 4.44. The second-order valence-electron chi connectivity index (χ2n) is 7.49. The number of nitrogens with two attached hydrogens (primary N) is 2. The van der Waals surface area contributed by atoms with Crippen LogP contribution >= 0.6 is 15.9 Å². The number of nitrogen functional groups attached to an aromatic ring is 1. The number of piperidine rings is 1. The van der Waals surface area contributed by atoms with E-state index in [0.29, 0.717) is 29.0 Å². The van der Waals surface area contributed by atoms with Crippen molar-refractivity contribution < 1.29 is 15.2 Å². The molecule has 11 heteroatoms. The third-order valence-electron chi connectivity index (χ3n) is 5.59. The maximum Gasteiger partial charge on any atom is 0.248 e. The fraction of sp³-hybridized carbons (Fsp3) is 0.286. The molecule has 4 heterocycles. The highest BCUT2D eigenvalue weighted by Gasteiger charge is 2.28. The number of nitrogens with zero attached hydrogens (tertiary/aromatic N) is 5. The zero-order valence-electron chi connectivity index (χ0n) is 17.3. The van der Waals surface area contributed by atoms with Crippen LogP contribution in [0.4, 0.5) is 11.6 Å². The Hall–Kier alpha value is -3.15. The molecule has 0 spiro atoms. The number of amides is 1. The van der Waals surface area contributed by atoms with E-state index in [-0.39, 0.29) is 11.8 Å². The lowest BCUT2D eigenvalue weighted by Gasteiger charge is -2.31. The lowest BCUT2D eigenvalue weighted by Crippen LogP contribution is -2.71. The van der Waals surface area contributed by atoms with Gasteiger partial charge in [0, 0.05) is 54.7 Å². The van der Waals surface area contributed by atoms with Crippen molar-refractivity contribution in [1.82, 2.24) is 24.5 Å². The Morgan fingerprint density at radius 3 is 2.78 bits per heavy atom. The number of anilines is 1. The Kier molecular flexibility index (Phi) is 6.58. The highest BCUT2D eigenvalue weighted by molar-refractivity contribution is 9.10. The van der Waals surface area contributed by atoms with Crippen molar-refractivity contribution in [3.63, 3.8) is 0 Å². The van der Waals surface area contributed by atoms with Crippen molar-refractivity contribution in [2.45, 2.75) is 18.8 Å². The minimum absolute atomic E-state index is 0.137. The SMILES string of the molecule is N=C/C=C\[NH2+]c1ccc(-c2cnn3c(N)c(Br)c(C4CCN(C(=O)CO)CC4)nc23)cn1. The summed E-state index contributed by atoms with van der Waals surface area (Å²) in [4.78, 5) is 22.8. The Morgan fingerprint density at radius 2 is 2.12 bits per heavy atom. The number of rotatable bonds is 6. The van der Waals surface area contributed by atoms with Gasteiger partial charge in [0.05, 0.1) is 16.4 Å². The smallest absolute Gasteiger partial charge is 0.248 e. The van der Waals surface area contributed by atoms with Crippen molar-refractivity contribution in [2.24, 2.45) is 0 Å². The maximum absolute atomic E-state index is 11.8. The topological polar surface area (TPSA) is 150 Å². The Labute approximate surface area is 192 Å². The largest absolute Gasteiger partial charge is 0.387 e. The minimum Gasteiger partial charge on any atom is -0.387 e. The summed E-state index contributed by atoms with van der Waals surface area (Å²) in [6, 6.07) is 3.84. The van der Waals surface area contributed by atoms with Crippen molar-refractivity contribution in [1.29, 1.82) is 5.41 Å². The van der Waals surface area contributed by atoms with E-state index in [0.717, 1.165) is 35.5 Å². The molecule has 1 aliphatic rings. The van der Waals surface area contributed by atoms with Gasteiger partial charge in [-0.3, -0.25) is 10.1 Å². The van der Waals surface area contributed by atoms with Gasteiger partial charge in [-0.05, 0) is 34.8 Å². The van der Waals surface area contributed by atoms with Crippen LogP contribution in [0.3, 0.4) is 0 Å². The molecule has 3 aromatic heterocycles. The van der Waals surface area contributed by atoms with Gasteiger partial charge in [-0.2, -0.15) is 9.61 Å². The molecule has 1 amide bonds. The first kappa shape index (κ1) is 22.1. The summed E-state index contributed by atoms with van der Waals surface area (Å²) in [7, 11) is 0. The lowest BCUT2D eigenvalue weighted by molar-refractivity contribution is -0.500. The Bertz CT molecular complexity index is 1170. The molecule has 10 nitrogen and oxygen atoms in total. The summed E-state index contributed by atoms with van der Waals surface area (Å²) in [6.07, 6.45) is 9.57. The van der Waals surface area contributed by atoms with Crippen molar-refractivity contribution in [2.75, 3.05) is 25.4 Å². The second kappa shape index (κ2) is 9.55. The standard InChI is InChI=1S/C21H23BrN8O2/c22-18-19(13-4-8-29(9-5-13)17(32)12-31)28-21-15(11-27-30(21)20(18)24)14-2-3-16(26-10-14)25-7-1-6-23/h1-3,6-7,10-11,13,23,31H,4-5,8-9,12,24H2,(H,25,26)/p+1/b7-1-,23-6?. The van der Waals surface area contributed by atoms with Gasteiger partial charge in [0.15, 0.2) is 5.65 Å². The van der Waals surface area contributed by atoms with Gasteiger partial charge >= 0.3 is 0 Å². The number of likely N-dealkylation sites (tertiary alicyclic amines) is 1. The summed E-state index contributed by atoms with van der Waals surface area (Å²) in [5, 5.41) is 22.4. The first-order valence-electron chi connectivity index (χ1n) is 10.2. The van der Waals surface area contributed by atoms with Crippen LogP contribution in [0.25, 0.3) is 16.8 Å². The monoisotopic (exact) mass is 499 g/mol. The van der Waals surface area contributed by atoms with Crippen LogP contribution in [0.2, 0.25) is 0 Å². The van der Waals surface area contributed by atoms with E-state index in [1.807, 2.05) is 17.4 Å². The molecule has 32 heavy (non-hydrogen) atoms. The van der Waals surface area contributed by atoms with E-state index in [1.54, 1.807) is 34.1 Å². The highest BCUT2D eigenvalue weighted by atomic mass is 79.9. The van der Waals surface area contributed by atoms with Crippen LogP contribution in [-0.2, 0) is 4.79 Å². The number of carbonyl (C=O) groups excluding carboxylic acids is 1. The highest BCUT2D eigenvalue weighted by Crippen LogP contribution is 2.36. The maximum atomic E-state index is 11.8. The molecular weight excluding hydrogens is 476 g/mol. The van der Waals surface area contributed by atoms with Gasteiger partial charge in [0.25, 0.3) is 0 Å². The van der Waals surface area contributed by atoms with Crippen LogP contribution in [0.5, 0.6) is 0 Å². The first-order chi connectivity index (χ1) is 15.5. The van der Waals surface area contributed by atoms with E-state index in [2.05, 4.69) is 26.0 Å². The van der Waals surface area contributed by atoms with Gasteiger partial charge in [-0.1, -0.05) is 0 Å². The van der Waals surface area contributed by atoms with Crippen LogP contribution < -0.4 is 11.1 Å². The number of aromatic nitrogens is 4. The van der Waals surface area contributed by atoms with Gasteiger partial charge in [0.2, 0.25) is 11.7 Å². The summed E-state index contributed by atoms with van der Waals surface area (Å²) in [5.74, 6) is 1.14. The number of hydrogen-bond donors (Lipinski definition) is 4. The Morgan fingerprint density at radius 1 is 1.34 bits per heavy atom. The van der Waals surface area contributed by atoms with E-state index in [1.165, 1.54) is 6.21 Å². The number of halogens is 1. The number of quaternary nitrogens is 1. The summed E-state index contributed by atoms with van der Waals surface area (Å²) in [5.41, 5.74) is 9.57. The number of fused-ring (bicyclic) bond motifs is 1. The van der Waals surface area contributed by atoms with Crippen LogP contribution in [0.15, 0.2) is 41.3 Å². The third-order valence-corrected chi connectivity index (χ3v) is 6.40. The van der Waals surface area contributed by atoms with Gasteiger partial charge < -0.3 is 21.1 Å². The van der Waals surface area contributed by atoms with Crippen molar-refractivity contribution in [3.8, 4) is 11.1 Å². The number of allylic oxidation sites excluding steroid dienone is 1. The quantitative estimate of drug-likeness (QED) is 0.374. The average molecular weight is 500 g/mol. The lowest BCUT2D eigenvalue weighted by atomic mass is 9.93. The Balaban J connectivity index is 1.64. The molecule has 0 aliphatic carbocycles. The number of hydrogen-bond acceptors (Lipinski definition) is 7. The average Bonchev–Trinajstić information content (AvgIpc) is 3.26. The van der Waals surface area contributed by atoms with Crippen LogP contribution in [-0.4, -0.2) is 61.4 Å². The normalized spacial score (nSPS) is 15.0. The van der Waals surface area contributed by atoms with Crippen LogP contribution in [0.1, 0.15) is 24.5 Å². The fourth-order valence-electron chi connectivity index (χ4n) is 3.86. The molecule has 4 rings (SSSR count). The molecule has 1 fully saturated rings. The summed E-state index contributed by atoms with van der Waals surface area (Å²) >= 11 is 3.59. The van der Waals surface area contributed by atoms with Gasteiger partial charge in [-0.15, -0.1) is 0 Å². The van der Waals surface area contributed by atoms with E-state index in [4.69, 9.17) is 21.2 Å². The van der Waals surface area contributed by atoms with Gasteiger partial charge in [0.1, 0.15) is 18.6 Å². The molecule has 0 saturated carbocycles. The van der Waals surface area contributed by atoms with E-state index >= 15 is 0 Å². The summed E-state index contributed by atoms with van der Waals surface area (Å²) < 4.78 is 2.33. The van der Waals surface area contributed by atoms with Crippen molar-refractivity contribution in [3.05, 3.63) is 47.0 Å². The van der Waals surface area contributed by atoms with E-state index < -0.39 is 6.61 Å². The van der Waals surface area contributed by atoms with Crippen LogP contribution in [0, 0.1) is 5.41 Å². The number of aliphatic hydroxyl groups excluding tert-OH is 1. The summed E-state index contributed by atoms with van der Waals surface area (Å²) in [6.45, 7) is 0.682. The zero-order chi connectivity index (χ0) is 22.7. The molecule has 166 valence electrons. The number of nitrogens with one attached hydrogen (secondary N) is 1. The molecule has 0 aromatic carbocycles. The van der Waals surface area contributed by atoms with Crippen molar-refractivity contribution >= 4 is 45.3 Å². The predicted octanol–water partition coefficient (Wildman–Crippen LogP) is 1.19. The third kappa shape index (κ3) is 4.27. The van der Waals surface area contributed by atoms with E-state index in [9.17, 15) is 4.79 Å². The molecule has 6 N–H and O–H groups in total. The molecule has 0 bridgehead atoms. The van der Waals surface area contributed by atoms with Gasteiger partial charge in [-0.25, -0.2) is 9.97 Å². The number of carbonyl (C=O) groups is 1. The number of aliphatic hydroxyl groups is 1. The number of pyridine rings is 1. The zero-order valence-corrected chi connectivity index (χ0v) is 18.9. The molecule has 3 aromatic rings. The molecule has 0 radical (unpaired) electrons. The minimum atomic E-state index is -0.464.